The lowest BCUT2D eigenvalue weighted by Crippen LogP contribution is -2.41. The number of carboxylic acid groups (broad SMARTS) is 1. The number of nitrogens with one attached hydrogen (secondary N) is 1. The summed E-state index contributed by atoms with van der Waals surface area (Å²) in [7, 11) is 0. The van der Waals surface area contributed by atoms with Crippen molar-refractivity contribution in [2.75, 3.05) is 23.3 Å². The number of hydrogen-bond donors (Lipinski definition) is 2. The zero-order valence-electron chi connectivity index (χ0n) is 9.51. The maximum Gasteiger partial charge on any atom is 0.305 e. The summed E-state index contributed by atoms with van der Waals surface area (Å²) in [5.41, 5.74) is 1.79. The number of carbonyl (C=O) groups is 2. The van der Waals surface area contributed by atoms with Crippen LogP contribution in [0.1, 0.15) is 12.0 Å². The molecule has 0 bridgehead atoms. The van der Waals surface area contributed by atoms with Crippen LogP contribution in [0.4, 0.5) is 11.4 Å². The quantitative estimate of drug-likeness (QED) is 0.821. The molecule has 0 unspecified atom stereocenters. The fraction of sp³-hybridized carbons (Fsp3) is 0.250. The monoisotopic (exact) mass is 245 g/mol. The molecule has 2 N–H and O–H groups in total. The van der Waals surface area contributed by atoms with Gasteiger partial charge in [0.05, 0.1) is 36.0 Å². The predicted octanol–water partition coefficient (Wildman–Crippen LogP) is 0.791. The highest BCUT2D eigenvalue weighted by atomic mass is 16.4. The van der Waals surface area contributed by atoms with Gasteiger partial charge in [0.1, 0.15) is 0 Å². The molecule has 2 rings (SSSR count). The molecule has 1 amide bonds. The Bertz CT molecular complexity index is 548. The Kier molecular flexibility index (Phi) is 3.15. The normalized spacial score (nSPS) is 13.5. The van der Waals surface area contributed by atoms with Gasteiger partial charge >= 0.3 is 5.97 Å². The number of carboxylic acids is 1. The van der Waals surface area contributed by atoms with Gasteiger partial charge in [-0.25, -0.2) is 0 Å². The molecule has 1 aromatic rings. The van der Waals surface area contributed by atoms with E-state index in [9.17, 15) is 9.59 Å². The molecular weight excluding hydrogens is 234 g/mol. The van der Waals surface area contributed by atoms with Crippen molar-refractivity contribution in [3.8, 4) is 6.07 Å². The van der Waals surface area contributed by atoms with E-state index < -0.39 is 5.97 Å². The van der Waals surface area contributed by atoms with Gasteiger partial charge in [-0.3, -0.25) is 9.59 Å². The molecule has 0 aliphatic carbocycles. The van der Waals surface area contributed by atoms with Crippen molar-refractivity contribution < 1.29 is 14.7 Å². The van der Waals surface area contributed by atoms with E-state index in [4.69, 9.17) is 10.4 Å². The third-order valence-electron chi connectivity index (χ3n) is 2.70. The first-order chi connectivity index (χ1) is 8.61. The van der Waals surface area contributed by atoms with Crippen LogP contribution in [0.25, 0.3) is 0 Å². The van der Waals surface area contributed by atoms with Gasteiger partial charge in [-0.2, -0.15) is 5.26 Å². The number of nitrogens with zero attached hydrogens (tertiary/aromatic N) is 2. The zero-order chi connectivity index (χ0) is 13.1. The van der Waals surface area contributed by atoms with Crippen LogP contribution in [-0.4, -0.2) is 30.1 Å². The molecular formula is C12H11N3O3. The molecule has 0 spiro atoms. The van der Waals surface area contributed by atoms with Gasteiger partial charge in [0.15, 0.2) is 0 Å². The second-order valence-electron chi connectivity index (χ2n) is 3.89. The van der Waals surface area contributed by atoms with Gasteiger partial charge in [-0.1, -0.05) is 0 Å². The number of carbonyl (C=O) groups excluding carboxylic acids is 1. The third kappa shape index (κ3) is 2.25. The minimum absolute atomic E-state index is 0.106. The van der Waals surface area contributed by atoms with Crippen LogP contribution in [0.15, 0.2) is 18.2 Å². The van der Waals surface area contributed by atoms with Crippen molar-refractivity contribution in [2.45, 2.75) is 6.42 Å². The maximum atomic E-state index is 11.7. The van der Waals surface area contributed by atoms with E-state index in [-0.39, 0.29) is 25.4 Å². The van der Waals surface area contributed by atoms with Gasteiger partial charge in [0.2, 0.25) is 5.91 Å². The summed E-state index contributed by atoms with van der Waals surface area (Å²) < 4.78 is 0. The SMILES string of the molecule is N#Cc1ccc2c(c1)NCC(=O)N2CCC(=O)O. The summed E-state index contributed by atoms with van der Waals surface area (Å²) in [6.07, 6.45) is -0.106. The molecule has 1 heterocycles. The van der Waals surface area contributed by atoms with Gasteiger partial charge in [-0.05, 0) is 18.2 Å². The number of anilines is 2. The van der Waals surface area contributed by atoms with Crippen LogP contribution in [0.2, 0.25) is 0 Å². The maximum absolute atomic E-state index is 11.7. The average molecular weight is 245 g/mol. The molecule has 0 radical (unpaired) electrons. The van der Waals surface area contributed by atoms with E-state index in [1.165, 1.54) is 4.90 Å². The minimum atomic E-state index is -0.948. The topological polar surface area (TPSA) is 93.4 Å². The molecule has 92 valence electrons. The Balaban J connectivity index is 2.30. The number of amides is 1. The largest absolute Gasteiger partial charge is 0.481 e. The Morgan fingerprint density at radius 3 is 3.00 bits per heavy atom. The number of fused-ring (bicyclic) bond motifs is 1. The van der Waals surface area contributed by atoms with Crippen molar-refractivity contribution >= 4 is 23.3 Å². The Morgan fingerprint density at radius 2 is 2.33 bits per heavy atom. The van der Waals surface area contributed by atoms with Crippen molar-refractivity contribution in [1.82, 2.24) is 0 Å². The smallest absolute Gasteiger partial charge is 0.305 e. The molecule has 6 nitrogen and oxygen atoms in total. The zero-order valence-corrected chi connectivity index (χ0v) is 9.51. The molecule has 18 heavy (non-hydrogen) atoms. The van der Waals surface area contributed by atoms with Gasteiger partial charge in [0, 0.05) is 6.54 Å². The van der Waals surface area contributed by atoms with Gasteiger partial charge in [-0.15, -0.1) is 0 Å². The van der Waals surface area contributed by atoms with Crippen molar-refractivity contribution in [1.29, 1.82) is 5.26 Å². The summed E-state index contributed by atoms with van der Waals surface area (Å²) in [6.45, 7) is 0.246. The Labute approximate surface area is 103 Å². The fourth-order valence-corrected chi connectivity index (χ4v) is 1.84. The summed E-state index contributed by atoms with van der Waals surface area (Å²) >= 11 is 0. The molecule has 1 aliphatic heterocycles. The highest BCUT2D eigenvalue weighted by Gasteiger charge is 2.24. The number of rotatable bonds is 3. The summed E-state index contributed by atoms with van der Waals surface area (Å²) in [5, 5.41) is 20.4. The molecule has 0 atom stereocenters. The fourth-order valence-electron chi connectivity index (χ4n) is 1.84. The first-order valence-electron chi connectivity index (χ1n) is 5.42. The number of aliphatic carboxylic acids is 1. The van der Waals surface area contributed by atoms with E-state index >= 15 is 0 Å². The molecule has 6 heteroatoms. The molecule has 0 saturated heterocycles. The molecule has 1 aromatic carbocycles. The number of hydrogen-bond acceptors (Lipinski definition) is 4. The van der Waals surface area contributed by atoms with Crippen LogP contribution in [0, 0.1) is 11.3 Å². The third-order valence-corrected chi connectivity index (χ3v) is 2.70. The number of benzene rings is 1. The number of nitriles is 1. The lowest BCUT2D eigenvalue weighted by molar-refractivity contribution is -0.136. The van der Waals surface area contributed by atoms with E-state index in [0.29, 0.717) is 16.9 Å². The van der Waals surface area contributed by atoms with Crippen molar-refractivity contribution in [2.24, 2.45) is 0 Å². The Morgan fingerprint density at radius 1 is 1.56 bits per heavy atom. The minimum Gasteiger partial charge on any atom is -0.481 e. The van der Waals surface area contributed by atoms with E-state index in [1.807, 2.05) is 6.07 Å². The molecule has 1 aliphatic rings. The highest BCUT2D eigenvalue weighted by Crippen LogP contribution is 2.30. The van der Waals surface area contributed by atoms with Crippen molar-refractivity contribution in [3.63, 3.8) is 0 Å². The lowest BCUT2D eigenvalue weighted by atomic mass is 10.1. The van der Waals surface area contributed by atoms with Crippen LogP contribution in [0.3, 0.4) is 0 Å². The molecule has 0 fully saturated rings. The van der Waals surface area contributed by atoms with Crippen LogP contribution < -0.4 is 10.2 Å². The first-order valence-corrected chi connectivity index (χ1v) is 5.42. The average Bonchev–Trinajstić information content (AvgIpc) is 2.36. The summed E-state index contributed by atoms with van der Waals surface area (Å²) in [6, 6.07) is 6.92. The standard InChI is InChI=1S/C12H11N3O3/c13-6-8-1-2-10-9(5-8)14-7-11(16)15(10)4-3-12(17)18/h1-2,5,14H,3-4,7H2,(H,17,18). The van der Waals surface area contributed by atoms with Crippen LogP contribution in [0.5, 0.6) is 0 Å². The van der Waals surface area contributed by atoms with Gasteiger partial charge < -0.3 is 15.3 Å². The van der Waals surface area contributed by atoms with Crippen LogP contribution in [-0.2, 0) is 9.59 Å². The van der Waals surface area contributed by atoms with E-state index in [2.05, 4.69) is 5.32 Å². The summed E-state index contributed by atoms with van der Waals surface area (Å²) in [4.78, 5) is 23.7. The van der Waals surface area contributed by atoms with Crippen molar-refractivity contribution in [3.05, 3.63) is 23.8 Å². The van der Waals surface area contributed by atoms with E-state index in [0.717, 1.165) is 0 Å². The van der Waals surface area contributed by atoms with Crippen LogP contribution >= 0.6 is 0 Å². The van der Waals surface area contributed by atoms with E-state index in [1.54, 1.807) is 18.2 Å². The Hall–Kier alpha value is -2.55. The molecule has 0 saturated carbocycles. The predicted molar refractivity (Wildman–Crippen MR) is 64.3 cm³/mol. The molecule has 0 aromatic heterocycles. The second-order valence-corrected chi connectivity index (χ2v) is 3.89. The highest BCUT2D eigenvalue weighted by molar-refractivity contribution is 6.03. The summed E-state index contributed by atoms with van der Waals surface area (Å²) in [5.74, 6) is -1.12. The lowest BCUT2D eigenvalue weighted by Gasteiger charge is -2.29. The first kappa shape index (κ1) is 11.9. The second kappa shape index (κ2) is 4.75. The van der Waals surface area contributed by atoms with Gasteiger partial charge in [0.25, 0.3) is 0 Å².